The van der Waals surface area contributed by atoms with E-state index in [0.717, 1.165) is 16.5 Å². The summed E-state index contributed by atoms with van der Waals surface area (Å²) in [5, 5.41) is 6.13. The van der Waals surface area contributed by atoms with E-state index in [9.17, 15) is 14.0 Å². The fourth-order valence-corrected chi connectivity index (χ4v) is 2.73. The van der Waals surface area contributed by atoms with Gasteiger partial charge in [-0.3, -0.25) is 9.59 Å². The number of halogens is 1. The number of para-hydroxylation sites is 1. The van der Waals surface area contributed by atoms with E-state index >= 15 is 0 Å². The number of carbonyl (C=O) groups excluding carboxylic acids is 2. The van der Waals surface area contributed by atoms with E-state index in [1.165, 1.54) is 19.2 Å². The first kappa shape index (κ1) is 16.9. The number of amides is 1. The molecule has 1 amide bonds. The molecule has 0 aliphatic carbocycles. The number of rotatable bonds is 6. The Labute approximate surface area is 144 Å². The predicted molar refractivity (Wildman–Crippen MR) is 95.0 cm³/mol. The minimum atomic E-state index is -0.333. The SMILES string of the molecule is CNC(=O)CNCC(=O)c1c(-c2ccc(F)cc2)[nH]c2ccccc12. The molecule has 0 fully saturated rings. The van der Waals surface area contributed by atoms with Crippen molar-refractivity contribution in [2.45, 2.75) is 0 Å². The number of likely N-dealkylation sites (N-methyl/N-ethyl adjacent to an activating group) is 1. The lowest BCUT2D eigenvalue weighted by Crippen LogP contribution is -2.34. The number of ketones is 1. The summed E-state index contributed by atoms with van der Waals surface area (Å²) in [4.78, 5) is 27.3. The first-order chi connectivity index (χ1) is 12.1. The number of benzene rings is 2. The van der Waals surface area contributed by atoms with Crippen LogP contribution in [0.1, 0.15) is 10.4 Å². The van der Waals surface area contributed by atoms with Gasteiger partial charge in [-0.2, -0.15) is 0 Å². The molecule has 0 aliphatic heterocycles. The summed E-state index contributed by atoms with van der Waals surface area (Å²) < 4.78 is 13.2. The van der Waals surface area contributed by atoms with Gasteiger partial charge in [-0.15, -0.1) is 0 Å². The van der Waals surface area contributed by atoms with Gasteiger partial charge in [-0.1, -0.05) is 18.2 Å². The minimum Gasteiger partial charge on any atom is -0.358 e. The Hall–Kier alpha value is -2.99. The maximum Gasteiger partial charge on any atom is 0.233 e. The van der Waals surface area contributed by atoms with Crippen LogP contribution in [0.25, 0.3) is 22.2 Å². The van der Waals surface area contributed by atoms with Crippen molar-refractivity contribution in [3.05, 3.63) is 59.9 Å². The smallest absolute Gasteiger partial charge is 0.233 e. The summed E-state index contributed by atoms with van der Waals surface area (Å²) in [7, 11) is 1.54. The molecule has 6 heteroatoms. The molecule has 3 rings (SSSR count). The second kappa shape index (κ2) is 7.27. The topological polar surface area (TPSA) is 74.0 Å². The van der Waals surface area contributed by atoms with Crippen LogP contribution >= 0.6 is 0 Å². The third-order valence-electron chi connectivity index (χ3n) is 3.97. The van der Waals surface area contributed by atoms with E-state index in [1.807, 2.05) is 24.3 Å². The molecule has 0 saturated heterocycles. The van der Waals surface area contributed by atoms with E-state index in [0.29, 0.717) is 11.3 Å². The molecular formula is C19H18FN3O2. The van der Waals surface area contributed by atoms with E-state index < -0.39 is 0 Å². The van der Waals surface area contributed by atoms with Crippen molar-refractivity contribution in [1.29, 1.82) is 0 Å². The van der Waals surface area contributed by atoms with Crippen LogP contribution in [0.4, 0.5) is 4.39 Å². The van der Waals surface area contributed by atoms with Crippen LogP contribution < -0.4 is 10.6 Å². The number of aromatic amines is 1. The average molecular weight is 339 g/mol. The summed E-state index contributed by atoms with van der Waals surface area (Å²) in [6.07, 6.45) is 0. The van der Waals surface area contributed by atoms with E-state index in [1.54, 1.807) is 12.1 Å². The molecule has 0 saturated carbocycles. The van der Waals surface area contributed by atoms with Gasteiger partial charge in [-0.25, -0.2) is 4.39 Å². The maximum absolute atomic E-state index is 13.2. The zero-order valence-corrected chi connectivity index (χ0v) is 13.7. The van der Waals surface area contributed by atoms with E-state index in [-0.39, 0.29) is 30.6 Å². The third kappa shape index (κ3) is 3.59. The quantitative estimate of drug-likeness (QED) is 0.604. The number of Topliss-reactive ketones (excluding diaryl/α,β-unsaturated/α-hetero) is 1. The van der Waals surface area contributed by atoms with Gasteiger partial charge in [0.1, 0.15) is 5.82 Å². The average Bonchev–Trinajstić information content (AvgIpc) is 3.01. The highest BCUT2D eigenvalue weighted by atomic mass is 19.1. The highest BCUT2D eigenvalue weighted by molar-refractivity contribution is 6.14. The highest BCUT2D eigenvalue weighted by Crippen LogP contribution is 2.30. The summed E-state index contributed by atoms with van der Waals surface area (Å²) in [5.74, 6) is -0.661. The molecule has 1 heterocycles. The van der Waals surface area contributed by atoms with Crippen LogP contribution in [0.3, 0.4) is 0 Å². The number of fused-ring (bicyclic) bond motifs is 1. The number of aromatic nitrogens is 1. The van der Waals surface area contributed by atoms with Gasteiger partial charge in [0.2, 0.25) is 5.91 Å². The number of carbonyl (C=O) groups is 2. The molecule has 1 aromatic heterocycles. The second-order valence-electron chi connectivity index (χ2n) is 5.63. The normalized spacial score (nSPS) is 10.8. The van der Waals surface area contributed by atoms with Gasteiger partial charge in [0.15, 0.2) is 5.78 Å². The largest absolute Gasteiger partial charge is 0.358 e. The molecule has 3 aromatic rings. The molecule has 0 bridgehead atoms. The summed E-state index contributed by atoms with van der Waals surface area (Å²) >= 11 is 0. The lowest BCUT2D eigenvalue weighted by Gasteiger charge is -2.06. The van der Waals surface area contributed by atoms with Crippen molar-refractivity contribution in [3.8, 4) is 11.3 Å². The van der Waals surface area contributed by atoms with E-state index in [4.69, 9.17) is 0 Å². The van der Waals surface area contributed by atoms with Gasteiger partial charge in [0.25, 0.3) is 0 Å². The van der Waals surface area contributed by atoms with Crippen LogP contribution in [0.5, 0.6) is 0 Å². The first-order valence-electron chi connectivity index (χ1n) is 7.91. The van der Waals surface area contributed by atoms with Gasteiger partial charge < -0.3 is 15.6 Å². The Balaban J connectivity index is 1.97. The van der Waals surface area contributed by atoms with Crippen LogP contribution in [0.2, 0.25) is 0 Å². The van der Waals surface area contributed by atoms with Crippen LogP contribution in [0.15, 0.2) is 48.5 Å². The second-order valence-corrected chi connectivity index (χ2v) is 5.63. The molecule has 0 spiro atoms. The third-order valence-corrected chi connectivity index (χ3v) is 3.97. The highest BCUT2D eigenvalue weighted by Gasteiger charge is 2.19. The van der Waals surface area contributed by atoms with Crippen molar-refractivity contribution in [2.24, 2.45) is 0 Å². The fourth-order valence-electron chi connectivity index (χ4n) is 2.73. The molecular weight excluding hydrogens is 321 g/mol. The van der Waals surface area contributed by atoms with Gasteiger partial charge in [0.05, 0.1) is 24.3 Å². The lowest BCUT2D eigenvalue weighted by atomic mass is 10.0. The molecule has 0 atom stereocenters. The molecule has 2 aromatic carbocycles. The maximum atomic E-state index is 13.2. The van der Waals surface area contributed by atoms with E-state index in [2.05, 4.69) is 15.6 Å². The Morgan fingerprint density at radius 2 is 1.76 bits per heavy atom. The summed E-state index contributed by atoms with van der Waals surface area (Å²) in [6, 6.07) is 13.5. The minimum absolute atomic E-state index is 0.0312. The van der Waals surface area contributed by atoms with Crippen molar-refractivity contribution in [2.75, 3.05) is 20.1 Å². The predicted octanol–water partition coefficient (Wildman–Crippen LogP) is 2.49. The lowest BCUT2D eigenvalue weighted by molar-refractivity contribution is -0.119. The Morgan fingerprint density at radius 3 is 2.48 bits per heavy atom. The number of hydrogen-bond donors (Lipinski definition) is 3. The molecule has 0 aliphatic rings. The van der Waals surface area contributed by atoms with Gasteiger partial charge in [-0.05, 0) is 35.9 Å². The van der Waals surface area contributed by atoms with Crippen LogP contribution in [-0.4, -0.2) is 36.8 Å². The zero-order chi connectivity index (χ0) is 17.8. The monoisotopic (exact) mass is 339 g/mol. The van der Waals surface area contributed by atoms with Crippen molar-refractivity contribution in [1.82, 2.24) is 15.6 Å². The molecule has 5 nitrogen and oxygen atoms in total. The van der Waals surface area contributed by atoms with Crippen molar-refractivity contribution >= 4 is 22.6 Å². The number of nitrogens with one attached hydrogen (secondary N) is 3. The number of H-pyrrole nitrogens is 1. The Kier molecular flexibility index (Phi) is 4.90. The van der Waals surface area contributed by atoms with Gasteiger partial charge >= 0.3 is 0 Å². The molecule has 3 N–H and O–H groups in total. The number of hydrogen-bond acceptors (Lipinski definition) is 3. The Bertz CT molecular complexity index is 916. The molecule has 25 heavy (non-hydrogen) atoms. The molecule has 0 unspecified atom stereocenters. The summed E-state index contributed by atoms with van der Waals surface area (Å²) in [6.45, 7) is 0.0972. The van der Waals surface area contributed by atoms with Crippen molar-refractivity contribution < 1.29 is 14.0 Å². The van der Waals surface area contributed by atoms with Crippen LogP contribution in [0, 0.1) is 5.82 Å². The fraction of sp³-hybridized carbons (Fsp3) is 0.158. The van der Waals surface area contributed by atoms with Crippen molar-refractivity contribution in [3.63, 3.8) is 0 Å². The molecule has 128 valence electrons. The Morgan fingerprint density at radius 1 is 1.04 bits per heavy atom. The standard InChI is InChI=1S/C19H18FN3O2/c1-21-17(25)11-22-10-16(24)18-14-4-2-3-5-15(14)23-19(18)12-6-8-13(20)9-7-12/h2-9,22-23H,10-11H2,1H3,(H,21,25). The zero-order valence-electron chi connectivity index (χ0n) is 13.7. The molecule has 0 radical (unpaired) electrons. The van der Waals surface area contributed by atoms with Gasteiger partial charge in [0, 0.05) is 18.0 Å². The van der Waals surface area contributed by atoms with Crippen LogP contribution in [-0.2, 0) is 4.79 Å². The summed E-state index contributed by atoms with van der Waals surface area (Å²) in [5.41, 5.74) is 2.74. The first-order valence-corrected chi connectivity index (χ1v) is 7.91.